The van der Waals surface area contributed by atoms with Crippen LogP contribution >= 0.6 is 0 Å². The second-order valence-electron chi connectivity index (χ2n) is 7.13. The van der Waals surface area contributed by atoms with Crippen molar-refractivity contribution < 1.29 is 19.5 Å². The van der Waals surface area contributed by atoms with Gasteiger partial charge in [-0.1, -0.05) is 42.5 Å². The van der Waals surface area contributed by atoms with Crippen LogP contribution in [0.2, 0.25) is 0 Å². The van der Waals surface area contributed by atoms with Gasteiger partial charge in [0, 0.05) is 40.2 Å². The van der Waals surface area contributed by atoms with E-state index in [-0.39, 0.29) is 17.4 Å². The van der Waals surface area contributed by atoms with E-state index in [4.69, 9.17) is 0 Å². The Bertz CT molecular complexity index is 911. The molecule has 7 nitrogen and oxygen atoms in total. The Morgan fingerprint density at radius 3 is 2.38 bits per heavy atom. The number of piperazine rings is 1. The second kappa shape index (κ2) is 8.87. The first-order valence-electron chi connectivity index (χ1n) is 9.53. The van der Waals surface area contributed by atoms with E-state index in [1.54, 1.807) is 30.1 Å². The van der Waals surface area contributed by atoms with Gasteiger partial charge in [0.2, 0.25) is 11.8 Å². The van der Waals surface area contributed by atoms with E-state index in [1.165, 1.54) is 6.92 Å². The smallest absolute Gasteiger partial charge is 0.336 e. The molecule has 7 heteroatoms. The minimum Gasteiger partial charge on any atom is -0.478 e. The lowest BCUT2D eigenvalue weighted by Gasteiger charge is -2.40. The van der Waals surface area contributed by atoms with E-state index in [0.29, 0.717) is 31.7 Å². The zero-order valence-corrected chi connectivity index (χ0v) is 16.6. The average Bonchev–Trinajstić information content (AvgIpc) is 2.73. The van der Waals surface area contributed by atoms with Crippen LogP contribution < -0.4 is 5.32 Å². The summed E-state index contributed by atoms with van der Waals surface area (Å²) < 4.78 is 0. The topological polar surface area (TPSA) is 89.9 Å². The summed E-state index contributed by atoms with van der Waals surface area (Å²) in [5, 5.41) is 12.0. The predicted octanol–water partition coefficient (Wildman–Crippen LogP) is 1.83. The maximum atomic E-state index is 12.2. The zero-order valence-electron chi connectivity index (χ0n) is 16.6. The maximum Gasteiger partial charge on any atom is 0.336 e. The lowest BCUT2D eigenvalue weighted by molar-refractivity contribution is -0.142. The summed E-state index contributed by atoms with van der Waals surface area (Å²) in [4.78, 5) is 39.2. The minimum absolute atomic E-state index is 0.0975. The van der Waals surface area contributed by atoms with Crippen molar-refractivity contribution in [2.45, 2.75) is 19.5 Å². The Kier molecular flexibility index (Phi) is 6.29. The van der Waals surface area contributed by atoms with Crippen LogP contribution in [0.5, 0.6) is 0 Å². The number of carbonyl (C=O) groups excluding carboxylic acids is 2. The highest BCUT2D eigenvalue weighted by Crippen LogP contribution is 2.25. The molecular formula is C22H25N3O4. The molecule has 152 valence electrons. The summed E-state index contributed by atoms with van der Waals surface area (Å²) in [7, 11) is 1.58. The van der Waals surface area contributed by atoms with Crippen molar-refractivity contribution in [3.8, 4) is 11.1 Å². The molecule has 0 aromatic heterocycles. The molecular weight excluding hydrogens is 370 g/mol. The van der Waals surface area contributed by atoms with Gasteiger partial charge in [0.25, 0.3) is 0 Å². The molecule has 2 aromatic rings. The highest BCUT2D eigenvalue weighted by Gasteiger charge is 2.33. The van der Waals surface area contributed by atoms with Gasteiger partial charge in [-0.3, -0.25) is 14.5 Å². The second-order valence-corrected chi connectivity index (χ2v) is 7.13. The van der Waals surface area contributed by atoms with Gasteiger partial charge in [-0.15, -0.1) is 0 Å². The summed E-state index contributed by atoms with van der Waals surface area (Å²) in [5.74, 6) is -1.21. The minimum atomic E-state index is -0.951. The fourth-order valence-corrected chi connectivity index (χ4v) is 3.72. The van der Waals surface area contributed by atoms with Crippen LogP contribution in [-0.4, -0.2) is 65.4 Å². The third-order valence-electron chi connectivity index (χ3n) is 5.25. The summed E-state index contributed by atoms with van der Waals surface area (Å²) in [6, 6.07) is 14.2. The lowest BCUT2D eigenvalue weighted by Crippen LogP contribution is -2.59. The van der Waals surface area contributed by atoms with Crippen molar-refractivity contribution in [2.24, 2.45) is 0 Å². The van der Waals surface area contributed by atoms with Crippen molar-refractivity contribution in [3.63, 3.8) is 0 Å². The SMILES string of the molecule is CNC(=O)C1CN(Cc2ccc(-c3ccccc3C(=O)O)cc2)CCN1C(C)=O. The van der Waals surface area contributed by atoms with Crippen LogP contribution in [0.15, 0.2) is 48.5 Å². The first-order valence-corrected chi connectivity index (χ1v) is 9.53. The van der Waals surface area contributed by atoms with E-state index < -0.39 is 12.0 Å². The maximum absolute atomic E-state index is 12.2. The highest BCUT2D eigenvalue weighted by atomic mass is 16.4. The molecule has 0 bridgehead atoms. The van der Waals surface area contributed by atoms with E-state index >= 15 is 0 Å². The quantitative estimate of drug-likeness (QED) is 0.806. The van der Waals surface area contributed by atoms with Gasteiger partial charge in [0.05, 0.1) is 5.56 Å². The Morgan fingerprint density at radius 2 is 1.76 bits per heavy atom. The molecule has 2 aromatic carbocycles. The number of hydrogen-bond acceptors (Lipinski definition) is 4. The molecule has 2 N–H and O–H groups in total. The van der Waals surface area contributed by atoms with Gasteiger partial charge in [0.1, 0.15) is 6.04 Å². The van der Waals surface area contributed by atoms with Crippen LogP contribution in [0.4, 0.5) is 0 Å². The third kappa shape index (κ3) is 4.63. The molecule has 2 amide bonds. The first kappa shape index (κ1) is 20.5. The largest absolute Gasteiger partial charge is 0.478 e. The molecule has 0 saturated carbocycles. The van der Waals surface area contributed by atoms with Crippen molar-refractivity contribution >= 4 is 17.8 Å². The number of nitrogens with one attached hydrogen (secondary N) is 1. The normalized spacial score (nSPS) is 17.0. The fourth-order valence-electron chi connectivity index (χ4n) is 3.72. The van der Waals surface area contributed by atoms with E-state index in [0.717, 1.165) is 11.1 Å². The number of hydrogen-bond donors (Lipinski definition) is 2. The van der Waals surface area contributed by atoms with E-state index in [9.17, 15) is 19.5 Å². The standard InChI is InChI=1S/C22H25N3O4/c1-15(26)25-12-11-24(14-20(25)21(27)23-2)13-16-7-9-17(10-8-16)18-5-3-4-6-19(18)22(28)29/h3-10,20H,11-14H2,1-2H3,(H,23,27)(H,28,29). The number of rotatable bonds is 5. The lowest BCUT2D eigenvalue weighted by atomic mass is 9.98. The molecule has 1 saturated heterocycles. The first-order chi connectivity index (χ1) is 13.9. The molecule has 0 spiro atoms. The molecule has 1 aliphatic heterocycles. The van der Waals surface area contributed by atoms with Gasteiger partial charge in [0.15, 0.2) is 0 Å². The fraction of sp³-hybridized carbons (Fsp3) is 0.318. The number of aromatic carboxylic acids is 1. The average molecular weight is 395 g/mol. The van der Waals surface area contributed by atoms with E-state index in [1.807, 2.05) is 30.3 Å². The number of benzene rings is 2. The van der Waals surface area contributed by atoms with Crippen molar-refractivity contribution in [2.75, 3.05) is 26.7 Å². The van der Waals surface area contributed by atoms with Crippen molar-refractivity contribution in [1.82, 2.24) is 15.1 Å². The van der Waals surface area contributed by atoms with E-state index in [2.05, 4.69) is 10.2 Å². The number of carboxylic acids is 1. The molecule has 1 unspecified atom stereocenters. The Hall–Kier alpha value is -3.19. The molecule has 1 heterocycles. The summed E-state index contributed by atoms with van der Waals surface area (Å²) in [6.45, 7) is 3.82. The Labute approximate surface area is 169 Å². The summed E-state index contributed by atoms with van der Waals surface area (Å²) >= 11 is 0. The molecule has 0 aliphatic carbocycles. The van der Waals surface area contributed by atoms with Crippen LogP contribution in [0.25, 0.3) is 11.1 Å². The number of likely N-dealkylation sites (N-methyl/N-ethyl adjacent to an activating group) is 1. The molecule has 1 atom stereocenters. The molecule has 29 heavy (non-hydrogen) atoms. The Balaban J connectivity index is 1.73. The van der Waals surface area contributed by atoms with Crippen molar-refractivity contribution in [1.29, 1.82) is 0 Å². The highest BCUT2D eigenvalue weighted by molar-refractivity contribution is 5.96. The van der Waals surface area contributed by atoms with Gasteiger partial charge >= 0.3 is 5.97 Å². The molecule has 3 rings (SSSR count). The molecule has 0 radical (unpaired) electrons. The van der Waals surface area contributed by atoms with Gasteiger partial charge in [-0.05, 0) is 22.8 Å². The summed E-state index contributed by atoms with van der Waals surface area (Å²) in [5.41, 5.74) is 2.86. The Morgan fingerprint density at radius 1 is 1.07 bits per heavy atom. The molecule has 1 fully saturated rings. The van der Waals surface area contributed by atoms with Crippen LogP contribution in [0.1, 0.15) is 22.8 Å². The van der Waals surface area contributed by atoms with Gasteiger partial charge in [-0.25, -0.2) is 4.79 Å². The predicted molar refractivity (Wildman–Crippen MR) is 109 cm³/mol. The van der Waals surface area contributed by atoms with Crippen molar-refractivity contribution in [3.05, 3.63) is 59.7 Å². The number of carboxylic acid groups (broad SMARTS) is 1. The molecule has 1 aliphatic rings. The van der Waals surface area contributed by atoms with Crippen LogP contribution in [0, 0.1) is 0 Å². The number of carbonyl (C=O) groups is 3. The van der Waals surface area contributed by atoms with Gasteiger partial charge < -0.3 is 15.3 Å². The van der Waals surface area contributed by atoms with Gasteiger partial charge in [-0.2, -0.15) is 0 Å². The monoisotopic (exact) mass is 395 g/mol. The van der Waals surface area contributed by atoms with Crippen LogP contribution in [0.3, 0.4) is 0 Å². The number of nitrogens with zero attached hydrogens (tertiary/aromatic N) is 2. The van der Waals surface area contributed by atoms with Crippen LogP contribution in [-0.2, 0) is 16.1 Å². The summed E-state index contributed by atoms with van der Waals surface area (Å²) in [6.07, 6.45) is 0. The zero-order chi connectivity index (χ0) is 21.0. The third-order valence-corrected chi connectivity index (χ3v) is 5.25. The number of amides is 2.